The van der Waals surface area contributed by atoms with E-state index in [-0.39, 0.29) is 5.54 Å². The van der Waals surface area contributed by atoms with Crippen molar-refractivity contribution >= 4 is 0 Å². The van der Waals surface area contributed by atoms with Gasteiger partial charge in [-0.25, -0.2) is 0 Å². The van der Waals surface area contributed by atoms with E-state index < -0.39 is 0 Å². The van der Waals surface area contributed by atoms with Crippen LogP contribution in [0.1, 0.15) is 38.1 Å². The van der Waals surface area contributed by atoms with Gasteiger partial charge in [0.25, 0.3) is 0 Å². The quantitative estimate of drug-likeness (QED) is 0.900. The number of hydrogen-bond donors (Lipinski definition) is 1. The number of rotatable bonds is 4. The number of nitrogens with one attached hydrogen (secondary N) is 1. The Morgan fingerprint density at radius 1 is 1.33 bits per heavy atom. The fourth-order valence-electron chi connectivity index (χ4n) is 1.62. The predicted octanol–water partition coefficient (Wildman–Crippen LogP) is 2.12. The molecule has 0 spiro atoms. The number of aromatic nitrogens is 3. The van der Waals surface area contributed by atoms with E-state index in [1.165, 1.54) is 5.56 Å². The fraction of sp³-hybridized carbons (Fsp3) is 0.538. The van der Waals surface area contributed by atoms with E-state index in [1.54, 1.807) is 6.92 Å². The van der Waals surface area contributed by atoms with Crippen LogP contribution in [-0.2, 0) is 13.1 Å². The van der Waals surface area contributed by atoms with Gasteiger partial charge in [0.2, 0.25) is 11.8 Å². The van der Waals surface area contributed by atoms with E-state index in [1.807, 2.05) is 10.8 Å². The first-order valence-electron chi connectivity index (χ1n) is 6.11. The van der Waals surface area contributed by atoms with E-state index in [9.17, 15) is 0 Å². The van der Waals surface area contributed by atoms with Crippen LogP contribution in [0.15, 0.2) is 22.9 Å². The van der Waals surface area contributed by atoms with Crippen molar-refractivity contribution in [2.24, 2.45) is 0 Å². The van der Waals surface area contributed by atoms with Crippen LogP contribution in [0.2, 0.25) is 0 Å². The second kappa shape index (κ2) is 4.94. The molecule has 0 bridgehead atoms. The highest BCUT2D eigenvalue weighted by Crippen LogP contribution is 2.07. The molecule has 0 fully saturated rings. The van der Waals surface area contributed by atoms with Crippen molar-refractivity contribution < 1.29 is 4.42 Å². The molecule has 5 nitrogen and oxygen atoms in total. The summed E-state index contributed by atoms with van der Waals surface area (Å²) in [6, 6.07) is 2.10. The molecule has 2 heterocycles. The minimum Gasteiger partial charge on any atom is -0.424 e. The van der Waals surface area contributed by atoms with Crippen LogP contribution in [0.5, 0.6) is 0 Å². The first-order chi connectivity index (χ1) is 8.42. The van der Waals surface area contributed by atoms with Gasteiger partial charge < -0.3 is 14.3 Å². The topological polar surface area (TPSA) is 55.9 Å². The van der Waals surface area contributed by atoms with Crippen LogP contribution < -0.4 is 5.32 Å². The Hall–Kier alpha value is -1.62. The van der Waals surface area contributed by atoms with Gasteiger partial charge in [-0.2, -0.15) is 0 Å². The molecular formula is C13H20N4O. The average molecular weight is 248 g/mol. The molecule has 0 saturated carbocycles. The van der Waals surface area contributed by atoms with Gasteiger partial charge in [0.15, 0.2) is 0 Å². The van der Waals surface area contributed by atoms with Crippen LogP contribution in [0.25, 0.3) is 0 Å². The van der Waals surface area contributed by atoms with Crippen molar-refractivity contribution in [3.63, 3.8) is 0 Å². The standard InChI is InChI=1S/C13H20N4O/c1-10-15-16-12(18-10)9-17-6-5-11(8-17)7-14-13(2,3)4/h5-6,8,14H,7,9H2,1-4H3. The van der Waals surface area contributed by atoms with Gasteiger partial charge in [-0.15, -0.1) is 10.2 Å². The van der Waals surface area contributed by atoms with Crippen LogP contribution in [-0.4, -0.2) is 20.3 Å². The summed E-state index contributed by atoms with van der Waals surface area (Å²) in [5.41, 5.74) is 1.38. The predicted molar refractivity (Wildman–Crippen MR) is 69.2 cm³/mol. The first kappa shape index (κ1) is 12.8. The van der Waals surface area contributed by atoms with Crippen LogP contribution in [0.3, 0.4) is 0 Å². The summed E-state index contributed by atoms with van der Waals surface area (Å²) in [5, 5.41) is 11.3. The zero-order chi connectivity index (χ0) is 13.2. The van der Waals surface area contributed by atoms with Crippen molar-refractivity contribution in [2.45, 2.75) is 46.3 Å². The van der Waals surface area contributed by atoms with Crippen LogP contribution >= 0.6 is 0 Å². The molecule has 0 amide bonds. The molecule has 0 atom stereocenters. The largest absolute Gasteiger partial charge is 0.424 e. The maximum Gasteiger partial charge on any atom is 0.236 e. The van der Waals surface area contributed by atoms with E-state index in [0.717, 1.165) is 6.54 Å². The molecular weight excluding hydrogens is 228 g/mol. The Bertz CT molecular complexity index is 507. The highest BCUT2D eigenvalue weighted by atomic mass is 16.4. The van der Waals surface area contributed by atoms with Gasteiger partial charge in [-0.05, 0) is 32.4 Å². The Kier molecular flexibility index (Phi) is 3.52. The Morgan fingerprint density at radius 2 is 2.11 bits per heavy atom. The number of nitrogens with zero attached hydrogens (tertiary/aromatic N) is 3. The molecule has 0 radical (unpaired) electrons. The molecule has 5 heteroatoms. The number of aryl methyl sites for hydroxylation is 1. The van der Waals surface area contributed by atoms with Gasteiger partial charge in [-0.1, -0.05) is 0 Å². The molecule has 1 N–H and O–H groups in total. The van der Waals surface area contributed by atoms with Crippen molar-refractivity contribution in [1.29, 1.82) is 0 Å². The van der Waals surface area contributed by atoms with Gasteiger partial charge in [0, 0.05) is 31.4 Å². The molecule has 2 rings (SSSR count). The third kappa shape index (κ3) is 3.70. The lowest BCUT2D eigenvalue weighted by atomic mass is 10.1. The summed E-state index contributed by atoms with van der Waals surface area (Å²) in [5.74, 6) is 1.24. The monoisotopic (exact) mass is 248 g/mol. The van der Waals surface area contributed by atoms with Crippen molar-refractivity contribution in [2.75, 3.05) is 0 Å². The van der Waals surface area contributed by atoms with E-state index in [2.05, 4.69) is 48.5 Å². The zero-order valence-corrected chi connectivity index (χ0v) is 11.4. The lowest BCUT2D eigenvalue weighted by molar-refractivity contribution is 0.423. The highest BCUT2D eigenvalue weighted by molar-refractivity contribution is 5.11. The Labute approximate surface area is 107 Å². The second-order valence-corrected chi connectivity index (χ2v) is 5.51. The van der Waals surface area contributed by atoms with E-state index in [0.29, 0.717) is 18.3 Å². The van der Waals surface area contributed by atoms with Crippen molar-refractivity contribution in [3.05, 3.63) is 35.8 Å². The lowest BCUT2D eigenvalue weighted by Crippen LogP contribution is -2.34. The molecule has 0 aliphatic heterocycles. The van der Waals surface area contributed by atoms with E-state index in [4.69, 9.17) is 4.42 Å². The Morgan fingerprint density at radius 3 is 2.72 bits per heavy atom. The van der Waals surface area contributed by atoms with Crippen molar-refractivity contribution in [1.82, 2.24) is 20.1 Å². The zero-order valence-electron chi connectivity index (χ0n) is 11.4. The molecule has 0 unspecified atom stereocenters. The summed E-state index contributed by atoms with van der Waals surface area (Å²) in [6.45, 7) is 9.75. The third-order valence-corrected chi connectivity index (χ3v) is 2.52. The summed E-state index contributed by atoms with van der Waals surface area (Å²) in [4.78, 5) is 0. The molecule has 98 valence electrons. The van der Waals surface area contributed by atoms with Gasteiger partial charge in [-0.3, -0.25) is 0 Å². The van der Waals surface area contributed by atoms with E-state index >= 15 is 0 Å². The molecule has 0 aromatic carbocycles. The van der Waals surface area contributed by atoms with Gasteiger partial charge in [0.1, 0.15) is 6.54 Å². The smallest absolute Gasteiger partial charge is 0.236 e. The highest BCUT2D eigenvalue weighted by Gasteiger charge is 2.09. The second-order valence-electron chi connectivity index (χ2n) is 5.51. The molecule has 18 heavy (non-hydrogen) atoms. The molecule has 2 aromatic heterocycles. The van der Waals surface area contributed by atoms with Crippen LogP contribution in [0.4, 0.5) is 0 Å². The molecule has 0 aliphatic carbocycles. The molecule has 2 aromatic rings. The van der Waals surface area contributed by atoms with Crippen LogP contribution in [0, 0.1) is 6.92 Å². The van der Waals surface area contributed by atoms with Crippen molar-refractivity contribution in [3.8, 4) is 0 Å². The minimum absolute atomic E-state index is 0.131. The average Bonchev–Trinajstić information content (AvgIpc) is 2.85. The summed E-state index contributed by atoms with van der Waals surface area (Å²) < 4.78 is 7.40. The maximum atomic E-state index is 5.35. The Balaban J connectivity index is 1.94. The summed E-state index contributed by atoms with van der Waals surface area (Å²) >= 11 is 0. The van der Waals surface area contributed by atoms with Gasteiger partial charge in [0.05, 0.1) is 0 Å². The third-order valence-electron chi connectivity index (χ3n) is 2.52. The normalized spacial score (nSPS) is 12.0. The summed E-state index contributed by atoms with van der Waals surface area (Å²) in [6.07, 6.45) is 4.12. The SMILES string of the molecule is Cc1nnc(Cn2ccc(CNC(C)(C)C)c2)o1. The van der Waals surface area contributed by atoms with Gasteiger partial charge >= 0.3 is 0 Å². The summed E-state index contributed by atoms with van der Waals surface area (Å²) in [7, 11) is 0. The fourth-order valence-corrected chi connectivity index (χ4v) is 1.62. The lowest BCUT2D eigenvalue weighted by Gasteiger charge is -2.19. The first-order valence-corrected chi connectivity index (χ1v) is 6.11. The number of hydrogen-bond acceptors (Lipinski definition) is 4. The maximum absolute atomic E-state index is 5.35. The molecule has 0 aliphatic rings. The minimum atomic E-state index is 0.131. The molecule has 0 saturated heterocycles.